The van der Waals surface area contributed by atoms with E-state index in [1.54, 1.807) is 12.3 Å². The summed E-state index contributed by atoms with van der Waals surface area (Å²) in [4.78, 5) is 4.28. The molecule has 0 amide bonds. The zero-order valence-electron chi connectivity index (χ0n) is 11.1. The highest BCUT2D eigenvalue weighted by atomic mass is 79.9. The Hall–Kier alpha value is -1.10. The number of ether oxygens (including phenoxy) is 1. The van der Waals surface area contributed by atoms with Crippen LogP contribution < -0.4 is 10.5 Å². The van der Waals surface area contributed by atoms with Gasteiger partial charge < -0.3 is 10.5 Å². The van der Waals surface area contributed by atoms with E-state index in [2.05, 4.69) is 27.8 Å². The number of halogens is 2. The van der Waals surface area contributed by atoms with E-state index in [-0.39, 0.29) is 6.04 Å². The fourth-order valence-corrected chi connectivity index (χ4v) is 2.20. The molecule has 0 fully saturated rings. The van der Waals surface area contributed by atoms with Crippen molar-refractivity contribution < 1.29 is 4.74 Å². The van der Waals surface area contributed by atoms with E-state index in [0.29, 0.717) is 16.7 Å². The smallest absolute Gasteiger partial charge is 0.219 e. The van der Waals surface area contributed by atoms with E-state index in [1.807, 2.05) is 24.3 Å². The van der Waals surface area contributed by atoms with Gasteiger partial charge in [-0.3, -0.25) is 0 Å². The van der Waals surface area contributed by atoms with E-state index in [0.717, 1.165) is 22.9 Å². The predicted molar refractivity (Wildman–Crippen MR) is 85.4 cm³/mol. The van der Waals surface area contributed by atoms with Crippen molar-refractivity contribution in [2.75, 3.05) is 0 Å². The second-order valence-corrected chi connectivity index (χ2v) is 5.88. The predicted octanol–water partition coefficient (Wildman–Crippen LogP) is 4.57. The molecule has 0 bridgehead atoms. The minimum absolute atomic E-state index is 0.170. The zero-order chi connectivity index (χ0) is 14.5. The summed E-state index contributed by atoms with van der Waals surface area (Å²) in [5.41, 5.74) is 7.03. The zero-order valence-corrected chi connectivity index (χ0v) is 13.5. The van der Waals surface area contributed by atoms with Crippen molar-refractivity contribution in [2.24, 2.45) is 5.73 Å². The van der Waals surface area contributed by atoms with Crippen molar-refractivity contribution in [1.29, 1.82) is 0 Å². The van der Waals surface area contributed by atoms with Crippen molar-refractivity contribution in [2.45, 2.75) is 25.8 Å². The fraction of sp³-hybridized carbons (Fsp3) is 0.267. The molecule has 106 valence electrons. The summed E-state index contributed by atoms with van der Waals surface area (Å²) >= 11 is 9.46. The molecule has 1 unspecified atom stereocenters. The molecule has 0 saturated heterocycles. The van der Waals surface area contributed by atoms with Crippen molar-refractivity contribution in [1.82, 2.24) is 4.98 Å². The third-order valence-electron chi connectivity index (χ3n) is 2.93. The quantitative estimate of drug-likeness (QED) is 0.854. The average molecular weight is 356 g/mol. The Morgan fingerprint density at radius 1 is 1.35 bits per heavy atom. The molecule has 1 heterocycles. The van der Waals surface area contributed by atoms with Gasteiger partial charge in [0.25, 0.3) is 0 Å². The molecular formula is C15H16BrClN2O. The standard InChI is InChI=1S/C15H16BrClN2O/c1-2-12(18)7-10-3-6-15(19-9-10)20-14-8-11(16)4-5-13(14)17/h3-6,8-9,12H,2,7,18H2,1H3. The number of nitrogens with two attached hydrogens (primary N) is 1. The van der Waals surface area contributed by atoms with Gasteiger partial charge in [-0.15, -0.1) is 0 Å². The molecule has 0 aliphatic carbocycles. The summed E-state index contributed by atoms with van der Waals surface area (Å²) in [6.45, 7) is 2.07. The molecule has 0 aliphatic rings. The molecule has 0 aliphatic heterocycles. The van der Waals surface area contributed by atoms with Crippen LogP contribution in [0.4, 0.5) is 0 Å². The first-order chi connectivity index (χ1) is 9.58. The van der Waals surface area contributed by atoms with Gasteiger partial charge in [-0.05, 0) is 36.6 Å². The van der Waals surface area contributed by atoms with E-state index in [9.17, 15) is 0 Å². The van der Waals surface area contributed by atoms with Gasteiger partial charge in [-0.2, -0.15) is 0 Å². The fourth-order valence-electron chi connectivity index (χ4n) is 1.71. The molecule has 2 aromatic rings. The van der Waals surface area contributed by atoms with Crippen LogP contribution in [-0.2, 0) is 6.42 Å². The van der Waals surface area contributed by atoms with E-state index in [4.69, 9.17) is 22.1 Å². The van der Waals surface area contributed by atoms with E-state index < -0.39 is 0 Å². The van der Waals surface area contributed by atoms with E-state index in [1.165, 1.54) is 0 Å². The molecule has 2 N–H and O–H groups in total. The minimum atomic E-state index is 0.170. The van der Waals surface area contributed by atoms with Crippen molar-refractivity contribution >= 4 is 27.5 Å². The monoisotopic (exact) mass is 354 g/mol. The number of hydrogen-bond acceptors (Lipinski definition) is 3. The number of benzene rings is 1. The number of aromatic nitrogens is 1. The number of nitrogens with zero attached hydrogens (tertiary/aromatic N) is 1. The topological polar surface area (TPSA) is 48.1 Å². The molecule has 5 heteroatoms. The van der Waals surface area contributed by atoms with Crippen LogP contribution in [-0.4, -0.2) is 11.0 Å². The Bertz CT molecular complexity index is 575. The molecule has 3 nitrogen and oxygen atoms in total. The van der Waals surface area contributed by atoms with Gasteiger partial charge in [0.1, 0.15) is 5.75 Å². The summed E-state index contributed by atoms with van der Waals surface area (Å²) in [6, 6.07) is 9.42. The summed E-state index contributed by atoms with van der Waals surface area (Å²) in [5, 5.41) is 0.548. The minimum Gasteiger partial charge on any atom is -0.437 e. The van der Waals surface area contributed by atoms with Gasteiger partial charge in [0.2, 0.25) is 5.88 Å². The molecule has 1 atom stereocenters. The summed E-state index contributed by atoms with van der Waals surface area (Å²) in [5.74, 6) is 1.09. The van der Waals surface area contributed by atoms with Gasteiger partial charge in [0.15, 0.2) is 0 Å². The SMILES string of the molecule is CCC(N)Cc1ccc(Oc2cc(Br)ccc2Cl)nc1. The lowest BCUT2D eigenvalue weighted by Gasteiger charge is -2.10. The summed E-state index contributed by atoms with van der Waals surface area (Å²) in [6.07, 6.45) is 3.56. The number of rotatable bonds is 5. The highest BCUT2D eigenvalue weighted by Gasteiger charge is 2.06. The lowest BCUT2D eigenvalue weighted by Crippen LogP contribution is -2.21. The van der Waals surface area contributed by atoms with Crippen LogP contribution in [0, 0.1) is 0 Å². The van der Waals surface area contributed by atoms with Crippen LogP contribution in [0.1, 0.15) is 18.9 Å². The van der Waals surface area contributed by atoms with Crippen LogP contribution in [0.2, 0.25) is 5.02 Å². The first-order valence-electron chi connectivity index (χ1n) is 6.42. The summed E-state index contributed by atoms with van der Waals surface area (Å²) in [7, 11) is 0. The van der Waals surface area contributed by atoms with Gasteiger partial charge in [-0.25, -0.2) is 4.98 Å². The Labute approximate surface area is 132 Å². The second kappa shape index (κ2) is 7.07. The number of hydrogen-bond donors (Lipinski definition) is 1. The first kappa shape index (κ1) is 15.3. The highest BCUT2D eigenvalue weighted by molar-refractivity contribution is 9.10. The van der Waals surface area contributed by atoms with Gasteiger partial charge >= 0.3 is 0 Å². The molecule has 1 aromatic carbocycles. The molecular weight excluding hydrogens is 340 g/mol. The van der Waals surface area contributed by atoms with Crippen LogP contribution in [0.15, 0.2) is 41.0 Å². The average Bonchev–Trinajstić information content (AvgIpc) is 2.45. The number of pyridine rings is 1. The summed E-state index contributed by atoms with van der Waals surface area (Å²) < 4.78 is 6.58. The van der Waals surface area contributed by atoms with Crippen LogP contribution in [0.25, 0.3) is 0 Å². The first-order valence-corrected chi connectivity index (χ1v) is 7.59. The Morgan fingerprint density at radius 3 is 2.80 bits per heavy atom. The largest absolute Gasteiger partial charge is 0.437 e. The maximum Gasteiger partial charge on any atom is 0.219 e. The van der Waals surface area contributed by atoms with Crippen molar-refractivity contribution in [3.63, 3.8) is 0 Å². The lowest BCUT2D eigenvalue weighted by molar-refractivity contribution is 0.462. The maximum atomic E-state index is 6.07. The Balaban J connectivity index is 2.09. The molecule has 20 heavy (non-hydrogen) atoms. The maximum absolute atomic E-state index is 6.07. The molecule has 2 rings (SSSR count). The Kier molecular flexibility index (Phi) is 5.40. The van der Waals surface area contributed by atoms with Crippen LogP contribution in [0.5, 0.6) is 11.6 Å². The van der Waals surface area contributed by atoms with Gasteiger partial charge in [0, 0.05) is 22.8 Å². The molecule has 0 radical (unpaired) electrons. The van der Waals surface area contributed by atoms with Gasteiger partial charge in [0.05, 0.1) is 5.02 Å². The second-order valence-electron chi connectivity index (χ2n) is 4.55. The lowest BCUT2D eigenvalue weighted by atomic mass is 10.1. The molecule has 1 aromatic heterocycles. The third-order valence-corrected chi connectivity index (χ3v) is 3.73. The van der Waals surface area contributed by atoms with Crippen molar-refractivity contribution in [3.8, 4) is 11.6 Å². The van der Waals surface area contributed by atoms with Crippen LogP contribution >= 0.6 is 27.5 Å². The third kappa shape index (κ3) is 4.20. The van der Waals surface area contributed by atoms with E-state index >= 15 is 0 Å². The van der Waals surface area contributed by atoms with Crippen molar-refractivity contribution in [3.05, 3.63) is 51.6 Å². The normalized spacial score (nSPS) is 12.2. The highest BCUT2D eigenvalue weighted by Crippen LogP contribution is 2.31. The Morgan fingerprint density at radius 2 is 2.15 bits per heavy atom. The van der Waals surface area contributed by atoms with Gasteiger partial charge in [-0.1, -0.05) is 40.5 Å². The molecule has 0 spiro atoms. The molecule has 0 saturated carbocycles. The van der Waals surface area contributed by atoms with Crippen LogP contribution in [0.3, 0.4) is 0 Å².